The Morgan fingerprint density at radius 3 is 2.48 bits per heavy atom. The fraction of sp³-hybridized carbons (Fsp3) is 0.200. The average molecular weight is 288 g/mol. The van der Waals surface area contributed by atoms with E-state index in [0.29, 0.717) is 23.4 Å². The summed E-state index contributed by atoms with van der Waals surface area (Å²) < 4.78 is 6.12. The monoisotopic (exact) mass is 288 g/mol. The second-order valence-electron chi connectivity index (χ2n) is 4.52. The van der Waals surface area contributed by atoms with Crippen LogP contribution in [0.5, 0.6) is 5.88 Å². The van der Waals surface area contributed by atoms with Crippen molar-refractivity contribution in [1.82, 2.24) is 9.78 Å². The van der Waals surface area contributed by atoms with E-state index in [1.54, 1.807) is 38.1 Å². The quantitative estimate of drug-likeness (QED) is 0.844. The smallest absolute Gasteiger partial charge is 0.338 e. The van der Waals surface area contributed by atoms with E-state index in [1.165, 1.54) is 4.68 Å². The molecule has 0 fully saturated rings. The van der Waals surface area contributed by atoms with Gasteiger partial charge in [-0.05, 0) is 43.7 Å². The summed E-state index contributed by atoms with van der Waals surface area (Å²) in [5.41, 5.74) is 1.11. The predicted octanol–water partition coefficient (Wildman–Crippen LogP) is 2.08. The number of aromatic amines is 1. The van der Waals surface area contributed by atoms with Gasteiger partial charge in [0.05, 0.1) is 17.9 Å². The van der Waals surface area contributed by atoms with Crippen molar-refractivity contribution in [3.63, 3.8) is 0 Å². The van der Waals surface area contributed by atoms with Gasteiger partial charge in [-0.1, -0.05) is 6.58 Å². The molecular weight excluding hydrogens is 272 g/mol. The summed E-state index contributed by atoms with van der Waals surface area (Å²) in [5.74, 6) is -0.631. The number of aromatic hydroxyl groups is 1. The molecule has 1 aromatic carbocycles. The predicted molar refractivity (Wildman–Crippen MR) is 78.7 cm³/mol. The summed E-state index contributed by atoms with van der Waals surface area (Å²) in [6.07, 6.45) is 0. The Bertz CT molecular complexity index is 738. The van der Waals surface area contributed by atoms with Crippen LogP contribution in [0.25, 0.3) is 11.3 Å². The Balaban J connectivity index is 2.40. The highest BCUT2D eigenvalue weighted by Gasteiger charge is 2.16. The number of ether oxygens (including phenoxy) is 1. The third-order valence-corrected chi connectivity index (χ3v) is 2.94. The summed E-state index contributed by atoms with van der Waals surface area (Å²) >= 11 is 0. The number of nitrogens with one attached hydrogen (secondary N) is 1. The molecule has 2 aromatic rings. The van der Waals surface area contributed by atoms with Crippen LogP contribution in [0.1, 0.15) is 29.8 Å². The number of rotatable bonds is 4. The van der Waals surface area contributed by atoms with Gasteiger partial charge in [-0.2, -0.15) is 0 Å². The first-order valence-corrected chi connectivity index (χ1v) is 6.43. The lowest BCUT2D eigenvalue weighted by molar-refractivity contribution is 0.0526. The summed E-state index contributed by atoms with van der Waals surface area (Å²) in [4.78, 5) is 23.3. The van der Waals surface area contributed by atoms with Crippen molar-refractivity contribution in [3.8, 4) is 11.6 Å². The molecule has 2 N–H and O–H groups in total. The minimum Gasteiger partial charge on any atom is -0.493 e. The minimum atomic E-state index is -0.422. The van der Waals surface area contributed by atoms with Gasteiger partial charge in [-0.15, -0.1) is 0 Å². The van der Waals surface area contributed by atoms with Crippen molar-refractivity contribution in [2.24, 2.45) is 0 Å². The minimum absolute atomic E-state index is 0.143. The van der Waals surface area contributed by atoms with Gasteiger partial charge in [-0.3, -0.25) is 9.89 Å². The van der Waals surface area contributed by atoms with Crippen LogP contribution in [0, 0.1) is 0 Å². The standard InChI is InChI=1S/C15H16N2O4/c1-4-21-15(20)10-5-7-11(8-6-10)17-14(19)12(9(2)3)13(18)16-17/h5-8,19H,2,4H2,1,3H3,(H,16,18). The van der Waals surface area contributed by atoms with E-state index >= 15 is 0 Å². The van der Waals surface area contributed by atoms with Crippen LogP contribution in [0.15, 0.2) is 35.6 Å². The van der Waals surface area contributed by atoms with Crippen LogP contribution in [0.4, 0.5) is 0 Å². The van der Waals surface area contributed by atoms with Crippen molar-refractivity contribution >= 4 is 11.5 Å². The van der Waals surface area contributed by atoms with Crippen molar-refractivity contribution < 1.29 is 14.6 Å². The maximum atomic E-state index is 11.8. The number of allylic oxidation sites excluding steroid dienone is 1. The van der Waals surface area contributed by atoms with Crippen molar-refractivity contribution in [3.05, 3.63) is 52.3 Å². The van der Waals surface area contributed by atoms with E-state index in [1.807, 2.05) is 0 Å². The van der Waals surface area contributed by atoms with Gasteiger partial charge in [0, 0.05) is 0 Å². The molecule has 0 aliphatic heterocycles. The van der Waals surface area contributed by atoms with Gasteiger partial charge in [0.15, 0.2) is 0 Å². The van der Waals surface area contributed by atoms with E-state index in [4.69, 9.17) is 4.74 Å². The lowest BCUT2D eigenvalue weighted by atomic mass is 10.2. The maximum absolute atomic E-state index is 11.8. The average Bonchev–Trinajstić information content (AvgIpc) is 2.74. The third kappa shape index (κ3) is 2.74. The van der Waals surface area contributed by atoms with Crippen LogP contribution in [-0.2, 0) is 4.74 Å². The molecule has 1 aromatic heterocycles. The van der Waals surface area contributed by atoms with Gasteiger partial charge >= 0.3 is 5.97 Å². The normalized spacial score (nSPS) is 10.4. The number of hydrogen-bond acceptors (Lipinski definition) is 4. The summed E-state index contributed by atoms with van der Waals surface area (Å²) in [6, 6.07) is 6.32. The molecule has 0 saturated carbocycles. The zero-order valence-corrected chi connectivity index (χ0v) is 11.8. The largest absolute Gasteiger partial charge is 0.493 e. The van der Waals surface area contributed by atoms with E-state index in [2.05, 4.69) is 11.7 Å². The Hall–Kier alpha value is -2.76. The lowest BCUT2D eigenvalue weighted by Gasteiger charge is -2.06. The Kier molecular flexibility index (Phi) is 3.98. The van der Waals surface area contributed by atoms with Gasteiger partial charge < -0.3 is 9.84 Å². The zero-order chi connectivity index (χ0) is 15.6. The molecule has 0 bridgehead atoms. The molecule has 0 aliphatic rings. The topological polar surface area (TPSA) is 84.3 Å². The molecule has 2 rings (SSSR count). The number of nitrogens with zero attached hydrogens (tertiary/aromatic N) is 1. The molecular formula is C15H16N2O4. The Morgan fingerprint density at radius 2 is 2.00 bits per heavy atom. The highest BCUT2D eigenvalue weighted by molar-refractivity contribution is 5.89. The molecule has 6 heteroatoms. The number of carbonyl (C=O) groups excluding carboxylic acids is 1. The fourth-order valence-electron chi connectivity index (χ4n) is 1.96. The Morgan fingerprint density at radius 1 is 1.38 bits per heavy atom. The van der Waals surface area contributed by atoms with E-state index < -0.39 is 11.5 Å². The van der Waals surface area contributed by atoms with Crippen molar-refractivity contribution in [2.75, 3.05) is 6.61 Å². The summed E-state index contributed by atoms with van der Waals surface area (Å²) in [7, 11) is 0. The molecule has 1 heterocycles. The van der Waals surface area contributed by atoms with E-state index in [-0.39, 0.29) is 11.4 Å². The molecule has 0 aliphatic carbocycles. The molecule has 0 radical (unpaired) electrons. The SMILES string of the molecule is C=C(C)c1c(O)n(-c2ccc(C(=O)OCC)cc2)[nH]c1=O. The number of H-pyrrole nitrogens is 1. The van der Waals surface area contributed by atoms with Gasteiger partial charge in [0.2, 0.25) is 5.88 Å². The van der Waals surface area contributed by atoms with Gasteiger partial charge in [0.25, 0.3) is 5.56 Å². The first-order valence-electron chi connectivity index (χ1n) is 6.43. The number of hydrogen-bond donors (Lipinski definition) is 2. The molecule has 0 saturated heterocycles. The van der Waals surface area contributed by atoms with Crippen LogP contribution in [0.2, 0.25) is 0 Å². The fourth-order valence-corrected chi connectivity index (χ4v) is 1.96. The third-order valence-electron chi connectivity index (χ3n) is 2.94. The highest BCUT2D eigenvalue weighted by Crippen LogP contribution is 2.23. The van der Waals surface area contributed by atoms with Gasteiger partial charge in [-0.25, -0.2) is 9.48 Å². The lowest BCUT2D eigenvalue weighted by Crippen LogP contribution is -2.07. The van der Waals surface area contributed by atoms with Crippen molar-refractivity contribution in [1.29, 1.82) is 0 Å². The summed E-state index contributed by atoms with van der Waals surface area (Å²) in [5, 5.41) is 12.6. The van der Waals surface area contributed by atoms with E-state index in [0.717, 1.165) is 0 Å². The van der Waals surface area contributed by atoms with E-state index in [9.17, 15) is 14.7 Å². The van der Waals surface area contributed by atoms with Crippen LogP contribution in [-0.4, -0.2) is 27.5 Å². The highest BCUT2D eigenvalue weighted by atomic mass is 16.5. The molecule has 0 amide bonds. The van der Waals surface area contributed by atoms with Crippen LogP contribution < -0.4 is 5.56 Å². The first-order chi connectivity index (χ1) is 9.95. The zero-order valence-electron chi connectivity index (χ0n) is 11.8. The summed E-state index contributed by atoms with van der Waals surface area (Å²) in [6.45, 7) is 7.32. The second-order valence-corrected chi connectivity index (χ2v) is 4.52. The number of esters is 1. The molecule has 0 atom stereocenters. The molecule has 0 spiro atoms. The Labute approximate surface area is 121 Å². The van der Waals surface area contributed by atoms with Crippen molar-refractivity contribution in [2.45, 2.75) is 13.8 Å². The first kappa shape index (κ1) is 14.6. The van der Waals surface area contributed by atoms with Crippen LogP contribution in [0.3, 0.4) is 0 Å². The van der Waals surface area contributed by atoms with Crippen LogP contribution >= 0.6 is 0 Å². The second kappa shape index (κ2) is 5.70. The molecule has 21 heavy (non-hydrogen) atoms. The number of aromatic nitrogens is 2. The molecule has 110 valence electrons. The molecule has 6 nitrogen and oxygen atoms in total. The molecule has 0 unspecified atom stereocenters. The maximum Gasteiger partial charge on any atom is 0.338 e. The number of benzene rings is 1. The van der Waals surface area contributed by atoms with Gasteiger partial charge in [0.1, 0.15) is 5.56 Å². The number of carbonyl (C=O) groups is 1.